The molecule has 3 N–H and O–H groups in total. The molecule has 1 saturated heterocycles. The van der Waals surface area contributed by atoms with E-state index in [-0.39, 0.29) is 59.1 Å². The first kappa shape index (κ1) is 21.3. The molecule has 0 saturated carbocycles. The summed E-state index contributed by atoms with van der Waals surface area (Å²) in [6.45, 7) is 1.33. The van der Waals surface area contributed by atoms with E-state index in [0.717, 1.165) is 0 Å². The number of phosphoric acid groups is 1. The quantitative estimate of drug-likeness (QED) is 0.336. The van der Waals surface area contributed by atoms with Gasteiger partial charge in [-0.1, -0.05) is 0 Å². The molecule has 2 unspecified atom stereocenters. The monoisotopic (exact) mass is 288 g/mol. The Kier molecular flexibility index (Phi) is 10.4. The minimum atomic E-state index is -5.32. The molecule has 17 heavy (non-hydrogen) atoms. The molecule has 0 amide bonds. The first-order valence-electron chi connectivity index (χ1n) is 4.12. The van der Waals surface area contributed by atoms with Crippen LogP contribution in [0.15, 0.2) is 0 Å². The minimum Gasteiger partial charge on any atom is -0.790 e. The van der Waals surface area contributed by atoms with Gasteiger partial charge in [0.05, 0.1) is 13.9 Å². The van der Waals surface area contributed by atoms with Crippen LogP contribution in [0, 0.1) is 0 Å². The second-order valence-corrected chi connectivity index (χ2v) is 4.34. The zero-order valence-corrected chi connectivity index (χ0v) is 14.6. The first-order chi connectivity index (χ1) is 6.72. The molecule has 1 aliphatic heterocycles. The predicted molar refractivity (Wildman–Crippen MR) is 41.0 cm³/mol. The van der Waals surface area contributed by atoms with Crippen LogP contribution in [0.4, 0.5) is 0 Å². The third-order valence-electron chi connectivity index (χ3n) is 2.04. The minimum absolute atomic E-state index is 0. The van der Waals surface area contributed by atoms with Crippen LogP contribution in [0.2, 0.25) is 0 Å². The Morgan fingerprint density at radius 2 is 1.59 bits per heavy atom. The summed E-state index contributed by atoms with van der Waals surface area (Å²) in [5, 5.41) is 27.7. The van der Waals surface area contributed by atoms with Crippen molar-refractivity contribution in [2.24, 2.45) is 0 Å². The van der Waals surface area contributed by atoms with Gasteiger partial charge in [0.15, 0.2) is 6.29 Å². The fourth-order valence-corrected chi connectivity index (χ4v) is 1.66. The van der Waals surface area contributed by atoms with Crippen molar-refractivity contribution in [3.05, 3.63) is 0 Å². The molecule has 8 nitrogen and oxygen atoms in total. The van der Waals surface area contributed by atoms with Gasteiger partial charge in [0.1, 0.15) is 18.3 Å². The van der Waals surface area contributed by atoms with Crippen LogP contribution in [0.25, 0.3) is 0 Å². The van der Waals surface area contributed by atoms with Gasteiger partial charge in [-0.15, -0.1) is 0 Å². The predicted octanol–water partition coefficient (Wildman–Crippen LogP) is -9.33. The summed E-state index contributed by atoms with van der Waals surface area (Å²) in [6, 6.07) is 0. The van der Waals surface area contributed by atoms with Crippen LogP contribution in [0.5, 0.6) is 0 Å². The maximum atomic E-state index is 10.3. The summed E-state index contributed by atoms with van der Waals surface area (Å²) in [5.41, 5.74) is 0. The van der Waals surface area contributed by atoms with E-state index in [9.17, 15) is 29.7 Å². The molecule has 0 aromatic rings. The van der Waals surface area contributed by atoms with Crippen LogP contribution in [0.3, 0.4) is 0 Å². The van der Waals surface area contributed by atoms with E-state index < -0.39 is 38.5 Å². The summed E-state index contributed by atoms with van der Waals surface area (Å²) in [5.74, 6) is 0. The Balaban J connectivity index is 0. The van der Waals surface area contributed by atoms with E-state index in [0.29, 0.717) is 0 Å². The second kappa shape index (κ2) is 8.28. The number of hydrogen-bond acceptors (Lipinski definition) is 8. The van der Waals surface area contributed by atoms with Gasteiger partial charge in [0.2, 0.25) is 0 Å². The summed E-state index contributed by atoms with van der Waals surface area (Å²) in [7, 11) is -5.32. The molecule has 0 aromatic carbocycles. The zero-order chi connectivity index (χ0) is 11.8. The Hall–Kier alpha value is 1.95. The van der Waals surface area contributed by atoms with Crippen LogP contribution < -0.4 is 68.9 Å². The van der Waals surface area contributed by atoms with Gasteiger partial charge >= 0.3 is 59.1 Å². The van der Waals surface area contributed by atoms with Gasteiger partial charge in [-0.2, -0.15) is 0 Å². The summed E-state index contributed by atoms with van der Waals surface area (Å²) >= 11 is 0. The SMILES string of the molecule is CC1O[C@H](OP(=O)([O-])[O-])C(O)[C@@H](O)[C@@H]1O.[Na+].[Na+]. The fourth-order valence-electron chi connectivity index (χ4n) is 1.23. The number of aliphatic hydroxyl groups excluding tert-OH is 3. The van der Waals surface area contributed by atoms with Crippen molar-refractivity contribution in [2.75, 3.05) is 0 Å². The average Bonchev–Trinajstić information content (AvgIpc) is 2.08. The molecule has 1 aliphatic rings. The van der Waals surface area contributed by atoms with Gasteiger partial charge in [-0.3, -0.25) is 0 Å². The summed E-state index contributed by atoms with van der Waals surface area (Å²) in [6.07, 6.45) is -7.56. The number of phosphoric ester groups is 1. The van der Waals surface area contributed by atoms with Crippen LogP contribution in [0.1, 0.15) is 6.92 Å². The van der Waals surface area contributed by atoms with Gasteiger partial charge in [-0.05, 0) is 6.92 Å². The molecular weight excluding hydrogens is 277 g/mol. The van der Waals surface area contributed by atoms with Crippen molar-refractivity contribution < 1.29 is 98.0 Å². The molecular formula is C6H11Na2O8P. The van der Waals surface area contributed by atoms with E-state index in [2.05, 4.69) is 4.52 Å². The maximum Gasteiger partial charge on any atom is 1.00 e. The van der Waals surface area contributed by atoms with Crippen molar-refractivity contribution in [2.45, 2.75) is 37.6 Å². The van der Waals surface area contributed by atoms with Gasteiger partial charge < -0.3 is 38.9 Å². The summed E-state index contributed by atoms with van der Waals surface area (Å²) < 4.78 is 18.8. The van der Waals surface area contributed by atoms with E-state index in [1.807, 2.05) is 0 Å². The molecule has 1 fully saturated rings. The number of ether oxygens (including phenoxy) is 1. The summed E-state index contributed by atoms with van der Waals surface area (Å²) in [4.78, 5) is 20.5. The third kappa shape index (κ3) is 6.29. The van der Waals surface area contributed by atoms with E-state index >= 15 is 0 Å². The van der Waals surface area contributed by atoms with Gasteiger partial charge in [-0.25, -0.2) is 0 Å². The fraction of sp³-hybridized carbons (Fsp3) is 1.00. The van der Waals surface area contributed by atoms with Crippen LogP contribution in [-0.4, -0.2) is 46.0 Å². The van der Waals surface area contributed by atoms with E-state index in [1.54, 1.807) is 0 Å². The first-order valence-corrected chi connectivity index (χ1v) is 5.58. The maximum absolute atomic E-state index is 10.3. The molecule has 0 aromatic heterocycles. The molecule has 11 heteroatoms. The largest absolute Gasteiger partial charge is 1.00 e. The molecule has 1 heterocycles. The molecule has 1 rings (SSSR count). The van der Waals surface area contributed by atoms with Crippen molar-refractivity contribution in [1.82, 2.24) is 0 Å². The molecule has 90 valence electrons. The van der Waals surface area contributed by atoms with Crippen LogP contribution >= 0.6 is 7.82 Å². The van der Waals surface area contributed by atoms with Crippen LogP contribution in [-0.2, 0) is 13.8 Å². The topological polar surface area (TPSA) is 142 Å². The van der Waals surface area contributed by atoms with Crippen molar-refractivity contribution in [3.63, 3.8) is 0 Å². The Labute approximate surface area is 142 Å². The second-order valence-electron chi connectivity index (χ2n) is 3.23. The Morgan fingerprint density at radius 1 is 1.12 bits per heavy atom. The number of hydrogen-bond donors (Lipinski definition) is 3. The molecule has 0 radical (unpaired) electrons. The Morgan fingerprint density at radius 3 is 2.00 bits per heavy atom. The van der Waals surface area contributed by atoms with Gasteiger partial charge in [0.25, 0.3) is 0 Å². The zero-order valence-electron chi connectivity index (χ0n) is 9.72. The molecule has 5 atom stereocenters. The van der Waals surface area contributed by atoms with Crippen molar-refractivity contribution >= 4 is 7.82 Å². The average molecular weight is 288 g/mol. The normalized spacial score (nSPS) is 37.9. The third-order valence-corrected chi connectivity index (χ3v) is 2.51. The molecule has 0 spiro atoms. The Bertz CT molecular complexity index is 273. The van der Waals surface area contributed by atoms with E-state index in [4.69, 9.17) is 4.74 Å². The standard InChI is InChI=1S/C6H13O8P.2Na/c1-2-3(7)4(8)5(9)6(13-2)14-15(10,11)12;;/h2-9H,1H3,(H2,10,11,12);;/q;2*+1/p-2/t2?,3-,4+,5?,6-;;/m1../s1. The smallest absolute Gasteiger partial charge is 0.790 e. The van der Waals surface area contributed by atoms with Crippen molar-refractivity contribution in [3.8, 4) is 0 Å². The van der Waals surface area contributed by atoms with Crippen molar-refractivity contribution in [1.29, 1.82) is 0 Å². The number of rotatable bonds is 2. The molecule has 0 bridgehead atoms. The van der Waals surface area contributed by atoms with E-state index in [1.165, 1.54) is 6.92 Å². The van der Waals surface area contributed by atoms with Gasteiger partial charge in [0, 0.05) is 0 Å². The number of aliphatic hydroxyl groups is 3. The molecule has 0 aliphatic carbocycles.